The van der Waals surface area contributed by atoms with Gasteiger partial charge in [-0.1, -0.05) is 6.07 Å². The van der Waals surface area contributed by atoms with Gasteiger partial charge in [-0.25, -0.2) is 4.98 Å². The highest BCUT2D eigenvalue weighted by molar-refractivity contribution is 7.15. The molecular formula is C8H8N4S2. The summed E-state index contributed by atoms with van der Waals surface area (Å²) in [5.74, 6) is 0.0390. The van der Waals surface area contributed by atoms with E-state index in [-0.39, 0.29) is 5.96 Å². The van der Waals surface area contributed by atoms with Gasteiger partial charge in [-0.05, 0) is 11.4 Å². The van der Waals surface area contributed by atoms with Crippen LogP contribution >= 0.6 is 22.7 Å². The van der Waals surface area contributed by atoms with Crippen LogP contribution in [0.15, 0.2) is 27.9 Å². The van der Waals surface area contributed by atoms with E-state index in [0.29, 0.717) is 5.13 Å². The SMILES string of the molecule is NC(N)=Nc1nc(-c2cccs2)cs1. The molecule has 2 heterocycles. The fraction of sp³-hybridized carbons (Fsp3) is 0. The molecule has 72 valence electrons. The average molecular weight is 224 g/mol. The molecule has 0 saturated heterocycles. The summed E-state index contributed by atoms with van der Waals surface area (Å²) in [6, 6.07) is 4.00. The van der Waals surface area contributed by atoms with Crippen LogP contribution in [0.1, 0.15) is 0 Å². The molecule has 0 amide bonds. The summed E-state index contributed by atoms with van der Waals surface area (Å²) < 4.78 is 0. The Morgan fingerprint density at radius 3 is 2.86 bits per heavy atom. The molecule has 0 unspecified atom stereocenters. The quantitative estimate of drug-likeness (QED) is 0.603. The van der Waals surface area contributed by atoms with Crippen LogP contribution in [0.2, 0.25) is 0 Å². The second-order valence-corrected chi connectivity index (χ2v) is 4.31. The van der Waals surface area contributed by atoms with Crippen molar-refractivity contribution in [3.8, 4) is 10.6 Å². The van der Waals surface area contributed by atoms with Gasteiger partial charge in [-0.2, -0.15) is 4.99 Å². The number of hydrogen-bond acceptors (Lipinski definition) is 4. The van der Waals surface area contributed by atoms with Gasteiger partial charge in [-0.3, -0.25) is 0 Å². The van der Waals surface area contributed by atoms with E-state index in [2.05, 4.69) is 9.98 Å². The number of nitrogens with zero attached hydrogens (tertiary/aromatic N) is 2. The fourth-order valence-electron chi connectivity index (χ4n) is 0.964. The minimum atomic E-state index is 0.0390. The largest absolute Gasteiger partial charge is 0.370 e. The van der Waals surface area contributed by atoms with E-state index in [9.17, 15) is 0 Å². The first-order chi connectivity index (χ1) is 6.75. The van der Waals surface area contributed by atoms with Gasteiger partial charge in [0.05, 0.1) is 10.6 Å². The van der Waals surface area contributed by atoms with Gasteiger partial charge in [0.2, 0.25) is 5.13 Å². The number of rotatable bonds is 2. The standard InChI is InChI=1S/C8H8N4S2/c9-7(10)12-8-11-5(4-14-8)6-2-1-3-13-6/h1-4H,(H4,9,10,11,12). The van der Waals surface area contributed by atoms with Gasteiger partial charge in [0.15, 0.2) is 5.96 Å². The molecule has 0 aliphatic heterocycles. The molecule has 2 aromatic rings. The zero-order chi connectivity index (χ0) is 9.97. The molecule has 0 radical (unpaired) electrons. The van der Waals surface area contributed by atoms with Crippen molar-refractivity contribution < 1.29 is 0 Å². The van der Waals surface area contributed by atoms with E-state index in [1.165, 1.54) is 11.3 Å². The van der Waals surface area contributed by atoms with Crippen LogP contribution in [-0.4, -0.2) is 10.9 Å². The number of nitrogens with two attached hydrogens (primary N) is 2. The second-order valence-electron chi connectivity index (χ2n) is 2.53. The van der Waals surface area contributed by atoms with Crippen molar-refractivity contribution >= 4 is 33.8 Å². The van der Waals surface area contributed by atoms with Crippen LogP contribution in [0.3, 0.4) is 0 Å². The van der Waals surface area contributed by atoms with E-state index in [4.69, 9.17) is 11.5 Å². The lowest BCUT2D eigenvalue weighted by Crippen LogP contribution is -2.21. The molecule has 6 heteroatoms. The van der Waals surface area contributed by atoms with Gasteiger partial charge in [0.25, 0.3) is 0 Å². The fourth-order valence-corrected chi connectivity index (χ4v) is 2.43. The molecule has 4 N–H and O–H groups in total. The van der Waals surface area contributed by atoms with E-state index < -0.39 is 0 Å². The average Bonchev–Trinajstić information content (AvgIpc) is 2.69. The summed E-state index contributed by atoms with van der Waals surface area (Å²) in [6.07, 6.45) is 0. The lowest BCUT2D eigenvalue weighted by molar-refractivity contribution is 1.33. The molecule has 4 nitrogen and oxygen atoms in total. The van der Waals surface area contributed by atoms with Crippen molar-refractivity contribution in [1.82, 2.24) is 4.98 Å². The maximum absolute atomic E-state index is 5.25. The molecule has 0 fully saturated rings. The summed E-state index contributed by atoms with van der Waals surface area (Å²) in [5.41, 5.74) is 11.4. The third kappa shape index (κ3) is 1.91. The molecule has 2 rings (SSSR count). The zero-order valence-corrected chi connectivity index (χ0v) is 8.81. The second kappa shape index (κ2) is 3.77. The first kappa shape index (κ1) is 9.17. The van der Waals surface area contributed by atoms with Crippen molar-refractivity contribution in [3.63, 3.8) is 0 Å². The Kier molecular flexibility index (Phi) is 2.47. The number of hydrogen-bond donors (Lipinski definition) is 2. The molecule has 14 heavy (non-hydrogen) atoms. The van der Waals surface area contributed by atoms with E-state index in [1.54, 1.807) is 11.3 Å². The Hall–Kier alpha value is -1.40. The van der Waals surface area contributed by atoms with Crippen LogP contribution in [0.25, 0.3) is 10.6 Å². The Bertz CT molecular complexity index is 440. The van der Waals surface area contributed by atoms with Gasteiger partial charge in [-0.15, -0.1) is 22.7 Å². The zero-order valence-electron chi connectivity index (χ0n) is 7.18. The summed E-state index contributed by atoms with van der Waals surface area (Å²) >= 11 is 3.07. The Morgan fingerprint density at radius 2 is 2.21 bits per heavy atom. The lowest BCUT2D eigenvalue weighted by atomic mass is 10.4. The van der Waals surface area contributed by atoms with E-state index >= 15 is 0 Å². The van der Waals surface area contributed by atoms with Gasteiger partial charge in [0.1, 0.15) is 0 Å². The van der Waals surface area contributed by atoms with Crippen molar-refractivity contribution in [3.05, 3.63) is 22.9 Å². The first-order valence-corrected chi connectivity index (χ1v) is 5.60. The lowest BCUT2D eigenvalue weighted by Gasteiger charge is -1.87. The van der Waals surface area contributed by atoms with Gasteiger partial charge in [0, 0.05) is 5.38 Å². The van der Waals surface area contributed by atoms with Crippen LogP contribution in [0, 0.1) is 0 Å². The predicted molar refractivity (Wildman–Crippen MR) is 60.9 cm³/mol. The number of thiophene rings is 1. The maximum Gasteiger partial charge on any atom is 0.212 e. The Balaban J connectivity index is 2.31. The number of guanidine groups is 1. The minimum Gasteiger partial charge on any atom is -0.370 e. The molecule has 0 spiro atoms. The monoisotopic (exact) mass is 224 g/mol. The van der Waals surface area contributed by atoms with Crippen molar-refractivity contribution in [1.29, 1.82) is 0 Å². The molecule has 0 saturated carbocycles. The minimum absolute atomic E-state index is 0.0390. The van der Waals surface area contributed by atoms with Crippen molar-refractivity contribution in [2.24, 2.45) is 16.5 Å². The van der Waals surface area contributed by atoms with Gasteiger partial charge >= 0.3 is 0 Å². The van der Waals surface area contributed by atoms with Crippen molar-refractivity contribution in [2.75, 3.05) is 0 Å². The summed E-state index contributed by atoms with van der Waals surface area (Å²) in [6.45, 7) is 0. The summed E-state index contributed by atoms with van der Waals surface area (Å²) in [5, 5.41) is 4.54. The predicted octanol–water partition coefficient (Wildman–Crippen LogP) is 1.78. The molecule has 0 aromatic carbocycles. The highest BCUT2D eigenvalue weighted by Gasteiger charge is 2.03. The van der Waals surface area contributed by atoms with Crippen molar-refractivity contribution in [2.45, 2.75) is 0 Å². The molecule has 0 aliphatic carbocycles. The van der Waals surface area contributed by atoms with E-state index in [0.717, 1.165) is 10.6 Å². The first-order valence-electron chi connectivity index (χ1n) is 3.85. The highest BCUT2D eigenvalue weighted by Crippen LogP contribution is 2.29. The molecule has 0 aliphatic rings. The number of aromatic nitrogens is 1. The maximum atomic E-state index is 5.25. The smallest absolute Gasteiger partial charge is 0.212 e. The topological polar surface area (TPSA) is 77.3 Å². The molecule has 0 bridgehead atoms. The van der Waals surface area contributed by atoms with Crippen LogP contribution in [0.5, 0.6) is 0 Å². The number of aliphatic imine (C=N–C) groups is 1. The third-order valence-corrected chi connectivity index (χ3v) is 3.12. The van der Waals surface area contributed by atoms with Crippen LogP contribution in [0.4, 0.5) is 5.13 Å². The third-order valence-electron chi connectivity index (χ3n) is 1.49. The molecule has 2 aromatic heterocycles. The van der Waals surface area contributed by atoms with Gasteiger partial charge < -0.3 is 11.5 Å². The molecule has 0 atom stereocenters. The Morgan fingerprint density at radius 1 is 1.36 bits per heavy atom. The number of thiazole rings is 1. The van der Waals surface area contributed by atoms with Crippen LogP contribution < -0.4 is 11.5 Å². The normalized spacial score (nSPS) is 10.0. The van der Waals surface area contributed by atoms with E-state index in [1.807, 2.05) is 22.9 Å². The van der Waals surface area contributed by atoms with Crippen LogP contribution in [-0.2, 0) is 0 Å². The Labute approximate surface area is 88.9 Å². The summed E-state index contributed by atoms with van der Waals surface area (Å²) in [7, 11) is 0. The summed E-state index contributed by atoms with van der Waals surface area (Å²) in [4.78, 5) is 9.27. The highest BCUT2D eigenvalue weighted by atomic mass is 32.1. The molecular weight excluding hydrogens is 216 g/mol.